The predicted molar refractivity (Wildman–Crippen MR) is 157 cm³/mol. The highest BCUT2D eigenvalue weighted by molar-refractivity contribution is 6.01. The second-order valence-electron chi connectivity index (χ2n) is 10.1. The van der Waals surface area contributed by atoms with E-state index in [1.807, 2.05) is 97.1 Å². The third-order valence-corrected chi connectivity index (χ3v) is 7.66. The molecule has 1 aliphatic carbocycles. The second kappa shape index (κ2) is 11.2. The maximum Gasteiger partial charge on any atom is 0.163 e. The summed E-state index contributed by atoms with van der Waals surface area (Å²) in [6.45, 7) is 0.445. The number of hydrogen-bond acceptors (Lipinski definition) is 6. The van der Waals surface area contributed by atoms with Gasteiger partial charge >= 0.3 is 0 Å². The first-order chi connectivity index (χ1) is 19.6. The Morgan fingerprint density at radius 3 is 2.27 bits per heavy atom. The number of carbonyl (C=O) groups is 1. The van der Waals surface area contributed by atoms with Crippen LogP contribution in [0.5, 0.6) is 17.2 Å². The lowest BCUT2D eigenvalue weighted by molar-refractivity contribution is -0.116. The number of benzene rings is 4. The molecule has 2 N–H and O–H groups in total. The number of para-hydroxylation sites is 3. The molecule has 1 aliphatic heterocycles. The van der Waals surface area contributed by atoms with Crippen LogP contribution in [0.3, 0.4) is 0 Å². The second-order valence-corrected chi connectivity index (χ2v) is 10.1. The van der Waals surface area contributed by atoms with Crippen LogP contribution in [0.25, 0.3) is 0 Å². The minimum atomic E-state index is -0.364. The van der Waals surface area contributed by atoms with E-state index in [1.165, 1.54) is 0 Å². The van der Waals surface area contributed by atoms with Crippen molar-refractivity contribution in [2.45, 2.75) is 31.4 Å². The van der Waals surface area contributed by atoms with Crippen molar-refractivity contribution >= 4 is 17.2 Å². The number of anilines is 2. The van der Waals surface area contributed by atoms with Gasteiger partial charge in [0.05, 0.1) is 31.6 Å². The number of allylic oxidation sites excluding steroid dienone is 1. The van der Waals surface area contributed by atoms with Gasteiger partial charge in [-0.1, -0.05) is 66.7 Å². The van der Waals surface area contributed by atoms with Gasteiger partial charge in [-0.3, -0.25) is 4.79 Å². The number of Topliss-reactive ketones (excluding diaryl/α,β-unsaturated/α-hetero) is 1. The molecule has 40 heavy (non-hydrogen) atoms. The van der Waals surface area contributed by atoms with Crippen molar-refractivity contribution in [3.05, 3.63) is 125 Å². The van der Waals surface area contributed by atoms with E-state index in [1.54, 1.807) is 14.2 Å². The van der Waals surface area contributed by atoms with Gasteiger partial charge in [-0.2, -0.15) is 0 Å². The van der Waals surface area contributed by atoms with Crippen LogP contribution in [-0.4, -0.2) is 20.0 Å². The monoisotopic (exact) mass is 532 g/mol. The highest BCUT2D eigenvalue weighted by Gasteiger charge is 2.37. The predicted octanol–water partition coefficient (Wildman–Crippen LogP) is 7.26. The molecule has 0 bridgehead atoms. The first kappa shape index (κ1) is 25.6. The van der Waals surface area contributed by atoms with E-state index in [-0.39, 0.29) is 17.7 Å². The molecule has 0 spiro atoms. The van der Waals surface area contributed by atoms with Crippen LogP contribution in [0.1, 0.15) is 41.5 Å². The fraction of sp³-hybridized carbons (Fsp3) is 0.206. The molecule has 1 heterocycles. The number of ketones is 1. The summed E-state index contributed by atoms with van der Waals surface area (Å²) in [6, 6.07) is 31.7. The van der Waals surface area contributed by atoms with E-state index in [4.69, 9.17) is 14.2 Å². The van der Waals surface area contributed by atoms with Crippen LogP contribution in [-0.2, 0) is 11.4 Å². The number of hydrogen-bond donors (Lipinski definition) is 2. The standard InChI is InChI=1S/C34H32N2O4/c1-38-31-17-16-23(20-32(31)39-2)24-18-28-33(29(37)19-24)34(36-27-14-8-7-13-26(27)35-28)25-12-6-9-15-30(25)40-21-22-10-4-3-5-11-22/h3-17,20,24,34-36H,18-19,21H2,1-2H3. The first-order valence-electron chi connectivity index (χ1n) is 13.5. The Balaban J connectivity index is 1.39. The van der Waals surface area contributed by atoms with Gasteiger partial charge in [-0.25, -0.2) is 0 Å². The number of ether oxygens (including phenoxy) is 3. The maximum atomic E-state index is 14.0. The van der Waals surface area contributed by atoms with Gasteiger partial charge < -0.3 is 24.8 Å². The molecular weight excluding hydrogens is 500 g/mol. The van der Waals surface area contributed by atoms with Crippen LogP contribution in [0.15, 0.2) is 108 Å². The van der Waals surface area contributed by atoms with Crippen LogP contribution < -0.4 is 24.8 Å². The van der Waals surface area contributed by atoms with Crippen molar-refractivity contribution in [3.8, 4) is 17.2 Å². The van der Waals surface area contributed by atoms with Gasteiger partial charge in [0.2, 0.25) is 0 Å². The average molecular weight is 533 g/mol. The molecule has 2 atom stereocenters. The zero-order valence-corrected chi connectivity index (χ0v) is 22.6. The summed E-state index contributed by atoms with van der Waals surface area (Å²) < 4.78 is 17.3. The minimum absolute atomic E-state index is 0.00837. The molecular formula is C34H32N2O4. The molecule has 202 valence electrons. The van der Waals surface area contributed by atoms with Crippen LogP contribution in [0.4, 0.5) is 11.4 Å². The summed E-state index contributed by atoms with van der Waals surface area (Å²) in [6.07, 6.45) is 1.09. The van der Waals surface area contributed by atoms with E-state index < -0.39 is 0 Å². The van der Waals surface area contributed by atoms with Crippen molar-refractivity contribution in [1.29, 1.82) is 0 Å². The van der Waals surface area contributed by atoms with Gasteiger partial charge in [0.25, 0.3) is 0 Å². The lowest BCUT2D eigenvalue weighted by Gasteiger charge is -2.30. The van der Waals surface area contributed by atoms with Crippen molar-refractivity contribution in [3.63, 3.8) is 0 Å². The summed E-state index contributed by atoms with van der Waals surface area (Å²) in [5.74, 6) is 2.21. The van der Waals surface area contributed by atoms with Gasteiger partial charge in [-0.05, 0) is 53.8 Å². The molecule has 6 nitrogen and oxygen atoms in total. The third-order valence-electron chi connectivity index (χ3n) is 7.66. The molecule has 2 aliphatic rings. The van der Waals surface area contributed by atoms with Crippen LogP contribution in [0.2, 0.25) is 0 Å². The lowest BCUT2D eigenvalue weighted by Crippen LogP contribution is -2.27. The first-order valence-corrected chi connectivity index (χ1v) is 13.5. The van der Waals surface area contributed by atoms with Crippen molar-refractivity contribution in [2.75, 3.05) is 24.9 Å². The molecule has 2 unspecified atom stereocenters. The smallest absolute Gasteiger partial charge is 0.163 e. The lowest BCUT2D eigenvalue weighted by atomic mass is 9.78. The van der Waals surface area contributed by atoms with Crippen LogP contribution in [0, 0.1) is 0 Å². The number of methoxy groups -OCH3 is 2. The maximum absolute atomic E-state index is 14.0. The molecule has 0 amide bonds. The van der Waals surface area contributed by atoms with Crippen molar-refractivity contribution in [2.24, 2.45) is 0 Å². The molecule has 0 fully saturated rings. The summed E-state index contributed by atoms with van der Waals surface area (Å²) >= 11 is 0. The van der Waals surface area contributed by atoms with E-state index >= 15 is 0 Å². The normalized spacial score (nSPS) is 18.0. The van der Waals surface area contributed by atoms with E-state index in [0.29, 0.717) is 30.9 Å². The molecule has 6 rings (SSSR count). The highest BCUT2D eigenvalue weighted by Crippen LogP contribution is 2.46. The zero-order valence-electron chi connectivity index (χ0n) is 22.6. The molecule has 0 saturated carbocycles. The fourth-order valence-corrected chi connectivity index (χ4v) is 5.65. The Labute approximate surface area is 234 Å². The van der Waals surface area contributed by atoms with Crippen molar-refractivity contribution in [1.82, 2.24) is 0 Å². The van der Waals surface area contributed by atoms with Gasteiger partial charge in [0.1, 0.15) is 12.4 Å². The average Bonchev–Trinajstić information content (AvgIpc) is 3.17. The number of fused-ring (bicyclic) bond motifs is 1. The van der Waals surface area contributed by atoms with Gasteiger partial charge in [0.15, 0.2) is 17.3 Å². The van der Waals surface area contributed by atoms with E-state index in [9.17, 15) is 4.79 Å². The van der Waals surface area contributed by atoms with Crippen molar-refractivity contribution < 1.29 is 19.0 Å². The molecule has 0 aromatic heterocycles. The molecule has 0 radical (unpaired) electrons. The van der Waals surface area contributed by atoms with E-state index in [2.05, 4.69) is 10.6 Å². The Hall–Kier alpha value is -4.71. The summed E-state index contributed by atoms with van der Waals surface area (Å²) in [5, 5.41) is 7.29. The highest BCUT2D eigenvalue weighted by atomic mass is 16.5. The Kier molecular flexibility index (Phi) is 7.15. The molecule has 4 aromatic rings. The number of nitrogens with one attached hydrogen (secondary N) is 2. The third kappa shape index (κ3) is 5.00. The zero-order chi connectivity index (χ0) is 27.5. The SMILES string of the molecule is COc1ccc(C2CC(=O)C3=C(C2)Nc2ccccc2NC3c2ccccc2OCc2ccccc2)cc1OC. The summed E-state index contributed by atoms with van der Waals surface area (Å²) in [7, 11) is 3.26. The quantitative estimate of drug-likeness (QED) is 0.261. The van der Waals surface area contributed by atoms with Gasteiger partial charge in [0, 0.05) is 23.3 Å². The Morgan fingerprint density at radius 2 is 1.48 bits per heavy atom. The molecule has 6 heteroatoms. The Bertz CT molecular complexity index is 1560. The number of rotatable bonds is 7. The topological polar surface area (TPSA) is 68.8 Å². The molecule has 0 saturated heterocycles. The number of carbonyl (C=O) groups excluding carboxylic acids is 1. The summed E-state index contributed by atoms with van der Waals surface area (Å²) in [4.78, 5) is 14.0. The fourth-order valence-electron chi connectivity index (χ4n) is 5.65. The minimum Gasteiger partial charge on any atom is -0.493 e. The summed E-state index contributed by atoms with van der Waals surface area (Å²) in [5.41, 5.74) is 6.64. The largest absolute Gasteiger partial charge is 0.493 e. The Morgan fingerprint density at radius 1 is 0.750 bits per heavy atom. The van der Waals surface area contributed by atoms with Crippen LogP contribution >= 0.6 is 0 Å². The van der Waals surface area contributed by atoms with Gasteiger partial charge in [-0.15, -0.1) is 0 Å². The molecule has 4 aromatic carbocycles. The van der Waals surface area contributed by atoms with E-state index in [0.717, 1.165) is 45.1 Å².